The third kappa shape index (κ3) is 6.35. The number of rotatable bonds is 7. The molecule has 0 unspecified atom stereocenters. The number of thiazole rings is 1. The van der Waals surface area contributed by atoms with E-state index in [2.05, 4.69) is 15.6 Å². The highest BCUT2D eigenvalue weighted by molar-refractivity contribution is 8.01. The summed E-state index contributed by atoms with van der Waals surface area (Å²) in [4.78, 5) is 45.0. The number of aromatic nitrogens is 1. The van der Waals surface area contributed by atoms with Crippen molar-refractivity contribution < 1.29 is 14.4 Å². The highest BCUT2D eigenvalue weighted by atomic mass is 35.5. The summed E-state index contributed by atoms with van der Waals surface area (Å²) < 4.78 is 1.65. The number of hydrogen-bond acceptors (Lipinski definition) is 6. The molecule has 1 aliphatic heterocycles. The van der Waals surface area contributed by atoms with E-state index < -0.39 is 0 Å². The van der Waals surface area contributed by atoms with E-state index in [4.69, 9.17) is 11.6 Å². The van der Waals surface area contributed by atoms with Gasteiger partial charge in [0.15, 0.2) is 4.34 Å². The van der Waals surface area contributed by atoms with Crippen LogP contribution in [0.15, 0.2) is 71.1 Å². The second kappa shape index (κ2) is 12.0. The number of carbonyl (C=O) groups is 3. The molecule has 0 aliphatic carbocycles. The third-order valence-corrected chi connectivity index (χ3v) is 8.54. The maximum atomic E-state index is 13.2. The molecule has 1 fully saturated rings. The molecule has 2 heterocycles. The van der Waals surface area contributed by atoms with Crippen molar-refractivity contribution in [3.05, 3.63) is 82.9 Å². The van der Waals surface area contributed by atoms with Crippen LogP contribution >= 0.6 is 34.7 Å². The van der Waals surface area contributed by atoms with Crippen LogP contribution in [0, 0.1) is 0 Å². The molecule has 194 valence electrons. The molecule has 1 aromatic heterocycles. The Bertz CT molecular complexity index is 1480. The van der Waals surface area contributed by atoms with Crippen LogP contribution in [0.2, 0.25) is 5.02 Å². The van der Waals surface area contributed by atoms with E-state index in [1.165, 1.54) is 23.1 Å². The number of piperidine rings is 1. The Labute approximate surface area is 233 Å². The van der Waals surface area contributed by atoms with Crippen LogP contribution in [0.3, 0.4) is 0 Å². The maximum absolute atomic E-state index is 13.2. The largest absolute Gasteiger partial charge is 0.339 e. The standard InChI is InChI=1S/C28H25ClN4O3S2/c29-18-8-10-19(11-9-18)30-25(34)17-37-28-32-23-13-12-20(16-24(23)38-28)31-26(35)21-6-2-3-7-22(21)27(36)33-14-4-1-5-15-33/h2-3,6-13,16H,1,4-5,14-15,17H2,(H,30,34)(H,31,35). The molecule has 0 radical (unpaired) electrons. The fraction of sp³-hybridized carbons (Fsp3) is 0.214. The number of likely N-dealkylation sites (tertiary alicyclic amines) is 1. The predicted molar refractivity (Wildman–Crippen MR) is 155 cm³/mol. The smallest absolute Gasteiger partial charge is 0.256 e. The van der Waals surface area contributed by atoms with Crippen molar-refractivity contribution in [2.24, 2.45) is 0 Å². The number of nitrogens with one attached hydrogen (secondary N) is 2. The quantitative estimate of drug-likeness (QED) is 0.248. The van der Waals surface area contributed by atoms with Crippen molar-refractivity contribution in [2.45, 2.75) is 23.6 Å². The van der Waals surface area contributed by atoms with Gasteiger partial charge in [-0.25, -0.2) is 4.98 Å². The van der Waals surface area contributed by atoms with Crippen molar-refractivity contribution in [1.29, 1.82) is 0 Å². The molecule has 3 aromatic carbocycles. The molecule has 3 amide bonds. The molecule has 0 spiro atoms. The van der Waals surface area contributed by atoms with Gasteiger partial charge in [-0.1, -0.05) is 35.5 Å². The lowest BCUT2D eigenvalue weighted by molar-refractivity contribution is -0.113. The van der Waals surface area contributed by atoms with Crippen LogP contribution in [0.1, 0.15) is 40.0 Å². The minimum absolute atomic E-state index is 0.102. The zero-order chi connectivity index (χ0) is 26.5. The highest BCUT2D eigenvalue weighted by Gasteiger charge is 2.23. The lowest BCUT2D eigenvalue weighted by Gasteiger charge is -2.27. The van der Waals surface area contributed by atoms with Gasteiger partial charge in [0.05, 0.1) is 27.1 Å². The molecular weight excluding hydrogens is 540 g/mol. The minimum Gasteiger partial charge on any atom is -0.339 e. The van der Waals surface area contributed by atoms with Gasteiger partial charge in [0.1, 0.15) is 0 Å². The van der Waals surface area contributed by atoms with Crippen LogP contribution < -0.4 is 10.6 Å². The Morgan fingerprint density at radius 2 is 1.61 bits per heavy atom. The number of anilines is 2. The summed E-state index contributed by atoms with van der Waals surface area (Å²) in [5, 5.41) is 6.37. The van der Waals surface area contributed by atoms with Gasteiger partial charge in [-0.2, -0.15) is 0 Å². The lowest BCUT2D eigenvalue weighted by atomic mass is 10.0. The van der Waals surface area contributed by atoms with Gasteiger partial charge in [-0.05, 0) is 73.9 Å². The van der Waals surface area contributed by atoms with Crippen molar-refractivity contribution in [2.75, 3.05) is 29.5 Å². The average molecular weight is 565 g/mol. The molecule has 1 aliphatic rings. The first-order chi connectivity index (χ1) is 18.5. The van der Waals surface area contributed by atoms with E-state index in [0.29, 0.717) is 27.5 Å². The monoisotopic (exact) mass is 564 g/mol. The number of hydrogen-bond donors (Lipinski definition) is 2. The Balaban J connectivity index is 1.23. The van der Waals surface area contributed by atoms with Gasteiger partial charge in [-0.15, -0.1) is 11.3 Å². The summed E-state index contributed by atoms with van der Waals surface area (Å²) in [6.45, 7) is 1.44. The number of thioether (sulfide) groups is 1. The van der Waals surface area contributed by atoms with E-state index >= 15 is 0 Å². The van der Waals surface area contributed by atoms with Crippen molar-refractivity contribution in [3.8, 4) is 0 Å². The van der Waals surface area contributed by atoms with Crippen LogP contribution in [0.25, 0.3) is 10.2 Å². The molecule has 7 nitrogen and oxygen atoms in total. The predicted octanol–water partition coefficient (Wildman–Crippen LogP) is 6.56. The highest BCUT2D eigenvalue weighted by Crippen LogP contribution is 2.31. The number of fused-ring (bicyclic) bond motifs is 1. The Hall–Kier alpha value is -3.40. The van der Waals surface area contributed by atoms with Crippen LogP contribution in [-0.4, -0.2) is 46.4 Å². The number of nitrogens with zero attached hydrogens (tertiary/aromatic N) is 2. The van der Waals surface area contributed by atoms with Crippen LogP contribution in [0.5, 0.6) is 0 Å². The average Bonchev–Trinajstić information content (AvgIpc) is 3.35. The van der Waals surface area contributed by atoms with Gasteiger partial charge >= 0.3 is 0 Å². The van der Waals surface area contributed by atoms with Gasteiger partial charge in [0, 0.05) is 29.5 Å². The minimum atomic E-state index is -0.330. The first kappa shape index (κ1) is 26.2. The molecule has 4 aromatic rings. The summed E-state index contributed by atoms with van der Waals surface area (Å²) in [6.07, 6.45) is 3.10. The van der Waals surface area contributed by atoms with Crippen molar-refractivity contribution in [3.63, 3.8) is 0 Å². The van der Waals surface area contributed by atoms with Gasteiger partial charge < -0.3 is 15.5 Å². The van der Waals surface area contributed by atoms with Crippen LogP contribution in [0.4, 0.5) is 11.4 Å². The molecule has 38 heavy (non-hydrogen) atoms. The van der Waals surface area contributed by atoms with Crippen LogP contribution in [-0.2, 0) is 4.79 Å². The molecule has 0 atom stereocenters. The Morgan fingerprint density at radius 3 is 2.37 bits per heavy atom. The summed E-state index contributed by atoms with van der Waals surface area (Å²) in [7, 11) is 0. The molecule has 5 rings (SSSR count). The first-order valence-electron chi connectivity index (χ1n) is 12.2. The molecule has 10 heteroatoms. The lowest BCUT2D eigenvalue weighted by Crippen LogP contribution is -2.36. The zero-order valence-electron chi connectivity index (χ0n) is 20.4. The van der Waals surface area contributed by atoms with Crippen molar-refractivity contribution >= 4 is 74.0 Å². The second-order valence-corrected chi connectivity index (χ2v) is 11.5. The van der Waals surface area contributed by atoms with E-state index in [9.17, 15) is 14.4 Å². The third-order valence-electron chi connectivity index (χ3n) is 6.13. The summed E-state index contributed by atoms with van der Waals surface area (Å²) in [6, 6.07) is 19.4. The number of halogens is 1. The Morgan fingerprint density at radius 1 is 0.895 bits per heavy atom. The fourth-order valence-electron chi connectivity index (χ4n) is 4.23. The maximum Gasteiger partial charge on any atom is 0.256 e. The molecular formula is C28H25ClN4O3S2. The van der Waals surface area contributed by atoms with Gasteiger partial charge in [0.25, 0.3) is 11.8 Å². The second-order valence-electron chi connectivity index (χ2n) is 8.86. The fourth-order valence-corrected chi connectivity index (χ4v) is 6.27. The summed E-state index contributed by atoms with van der Waals surface area (Å²) in [5.41, 5.74) is 2.86. The van der Waals surface area contributed by atoms with E-state index in [0.717, 1.165) is 46.9 Å². The normalized spacial score (nSPS) is 13.3. The zero-order valence-corrected chi connectivity index (χ0v) is 22.8. The SMILES string of the molecule is O=C(CSc1nc2ccc(NC(=O)c3ccccc3C(=O)N3CCCCC3)cc2s1)Nc1ccc(Cl)cc1. The number of amides is 3. The molecule has 0 bridgehead atoms. The van der Waals surface area contributed by atoms with E-state index in [-0.39, 0.29) is 23.5 Å². The van der Waals surface area contributed by atoms with Gasteiger partial charge in [-0.3, -0.25) is 14.4 Å². The number of benzene rings is 3. The van der Waals surface area contributed by atoms with E-state index in [1.54, 1.807) is 54.6 Å². The molecule has 0 saturated carbocycles. The topological polar surface area (TPSA) is 91.4 Å². The van der Waals surface area contributed by atoms with Crippen molar-refractivity contribution in [1.82, 2.24) is 9.88 Å². The summed E-state index contributed by atoms with van der Waals surface area (Å²) in [5.74, 6) is -0.353. The van der Waals surface area contributed by atoms with Gasteiger partial charge in [0.2, 0.25) is 5.91 Å². The first-order valence-corrected chi connectivity index (χ1v) is 14.4. The molecule has 2 N–H and O–H groups in total. The molecule has 1 saturated heterocycles. The van der Waals surface area contributed by atoms with E-state index in [1.807, 2.05) is 17.0 Å². The Kier molecular flexibility index (Phi) is 8.26. The number of carbonyl (C=O) groups excluding carboxylic acids is 3. The summed E-state index contributed by atoms with van der Waals surface area (Å²) >= 11 is 8.69.